The number of hydrogen-bond acceptors (Lipinski definition) is 1. The van der Waals surface area contributed by atoms with E-state index in [1.165, 1.54) is 5.56 Å². The lowest BCUT2D eigenvalue weighted by molar-refractivity contribution is 1.45. The lowest BCUT2D eigenvalue weighted by Gasteiger charge is -1.94. The molecule has 0 saturated heterocycles. The molecule has 0 atom stereocenters. The SMILES string of the molecule is C=C(N)/C=C/c1ccc(C)cc1. The van der Waals surface area contributed by atoms with E-state index in [-0.39, 0.29) is 0 Å². The first-order valence-electron chi connectivity index (χ1n) is 3.87. The van der Waals surface area contributed by atoms with E-state index < -0.39 is 0 Å². The van der Waals surface area contributed by atoms with Crippen LogP contribution in [0, 0.1) is 6.92 Å². The Labute approximate surface area is 73.2 Å². The van der Waals surface area contributed by atoms with Crippen LogP contribution in [0.3, 0.4) is 0 Å². The summed E-state index contributed by atoms with van der Waals surface area (Å²) >= 11 is 0. The summed E-state index contributed by atoms with van der Waals surface area (Å²) in [5.74, 6) is 0. The Morgan fingerprint density at radius 3 is 2.42 bits per heavy atom. The summed E-state index contributed by atoms with van der Waals surface area (Å²) in [5.41, 5.74) is 8.38. The number of nitrogens with two attached hydrogens (primary N) is 1. The fourth-order valence-corrected chi connectivity index (χ4v) is 0.881. The van der Waals surface area contributed by atoms with Crippen LogP contribution in [-0.2, 0) is 0 Å². The van der Waals surface area contributed by atoms with Gasteiger partial charge in [0.25, 0.3) is 0 Å². The van der Waals surface area contributed by atoms with Crippen LogP contribution in [0.2, 0.25) is 0 Å². The van der Waals surface area contributed by atoms with E-state index in [0.29, 0.717) is 5.70 Å². The second-order valence-electron chi connectivity index (χ2n) is 2.82. The lowest BCUT2D eigenvalue weighted by atomic mass is 10.1. The van der Waals surface area contributed by atoms with E-state index >= 15 is 0 Å². The number of benzene rings is 1. The zero-order valence-corrected chi connectivity index (χ0v) is 7.25. The number of rotatable bonds is 2. The first-order chi connectivity index (χ1) is 5.68. The predicted molar refractivity (Wildman–Crippen MR) is 53.5 cm³/mol. The topological polar surface area (TPSA) is 26.0 Å². The van der Waals surface area contributed by atoms with Crippen LogP contribution in [-0.4, -0.2) is 0 Å². The quantitative estimate of drug-likeness (QED) is 0.659. The van der Waals surface area contributed by atoms with Crippen LogP contribution >= 0.6 is 0 Å². The molecule has 0 fully saturated rings. The molecule has 0 heterocycles. The maximum absolute atomic E-state index is 5.39. The van der Waals surface area contributed by atoms with Crippen molar-refractivity contribution in [2.45, 2.75) is 6.92 Å². The molecule has 0 aliphatic rings. The van der Waals surface area contributed by atoms with Gasteiger partial charge in [-0.2, -0.15) is 0 Å². The summed E-state index contributed by atoms with van der Waals surface area (Å²) in [5, 5.41) is 0. The second-order valence-corrected chi connectivity index (χ2v) is 2.82. The minimum atomic E-state index is 0.579. The fraction of sp³-hybridized carbons (Fsp3) is 0.0909. The summed E-state index contributed by atoms with van der Waals surface area (Å²) in [6.07, 6.45) is 3.74. The molecule has 0 aromatic heterocycles. The van der Waals surface area contributed by atoms with Crippen LogP contribution in [0.1, 0.15) is 11.1 Å². The summed E-state index contributed by atoms with van der Waals surface area (Å²) < 4.78 is 0. The van der Waals surface area contributed by atoms with Gasteiger partial charge in [0.15, 0.2) is 0 Å². The van der Waals surface area contributed by atoms with Gasteiger partial charge in [0, 0.05) is 5.70 Å². The zero-order valence-electron chi connectivity index (χ0n) is 7.25. The number of hydrogen-bond donors (Lipinski definition) is 1. The van der Waals surface area contributed by atoms with Crippen molar-refractivity contribution in [1.29, 1.82) is 0 Å². The summed E-state index contributed by atoms with van der Waals surface area (Å²) in [6.45, 7) is 5.64. The molecule has 1 aromatic rings. The molecular weight excluding hydrogens is 146 g/mol. The average Bonchev–Trinajstić information content (AvgIpc) is 2.03. The highest BCUT2D eigenvalue weighted by molar-refractivity contribution is 5.52. The fourth-order valence-electron chi connectivity index (χ4n) is 0.881. The van der Waals surface area contributed by atoms with Gasteiger partial charge in [-0.15, -0.1) is 0 Å². The van der Waals surface area contributed by atoms with Crippen LogP contribution in [0.25, 0.3) is 6.08 Å². The summed E-state index contributed by atoms with van der Waals surface area (Å²) in [4.78, 5) is 0. The molecule has 0 saturated carbocycles. The zero-order chi connectivity index (χ0) is 8.97. The third-order valence-electron chi connectivity index (χ3n) is 1.57. The van der Waals surface area contributed by atoms with E-state index in [9.17, 15) is 0 Å². The van der Waals surface area contributed by atoms with Gasteiger partial charge in [-0.05, 0) is 18.6 Å². The molecule has 0 aliphatic carbocycles. The van der Waals surface area contributed by atoms with Crippen molar-refractivity contribution >= 4 is 6.08 Å². The third-order valence-corrected chi connectivity index (χ3v) is 1.57. The van der Waals surface area contributed by atoms with E-state index in [4.69, 9.17) is 5.73 Å². The van der Waals surface area contributed by atoms with E-state index in [1.54, 1.807) is 6.08 Å². The Hall–Kier alpha value is -1.50. The highest BCUT2D eigenvalue weighted by Crippen LogP contribution is 2.05. The molecule has 1 aromatic carbocycles. The smallest absolute Gasteiger partial charge is 0.0241 e. The molecule has 1 rings (SSSR count). The minimum absolute atomic E-state index is 0.579. The third kappa shape index (κ3) is 2.62. The van der Waals surface area contributed by atoms with Crippen molar-refractivity contribution in [1.82, 2.24) is 0 Å². The van der Waals surface area contributed by atoms with Crippen LogP contribution in [0.5, 0.6) is 0 Å². The number of allylic oxidation sites excluding steroid dienone is 1. The van der Waals surface area contributed by atoms with E-state index in [0.717, 1.165) is 5.56 Å². The summed E-state index contributed by atoms with van der Waals surface area (Å²) in [7, 11) is 0. The molecule has 0 amide bonds. The van der Waals surface area contributed by atoms with Gasteiger partial charge in [-0.25, -0.2) is 0 Å². The molecule has 0 spiro atoms. The first-order valence-corrected chi connectivity index (χ1v) is 3.87. The molecule has 0 bridgehead atoms. The Balaban J connectivity index is 2.77. The normalized spacial score (nSPS) is 10.4. The Bertz CT molecular complexity index is 293. The second kappa shape index (κ2) is 3.77. The largest absolute Gasteiger partial charge is 0.399 e. The van der Waals surface area contributed by atoms with Gasteiger partial charge in [0.05, 0.1) is 0 Å². The predicted octanol–water partition coefficient (Wildman–Crippen LogP) is 2.48. The average molecular weight is 159 g/mol. The molecule has 1 heteroatoms. The maximum Gasteiger partial charge on any atom is 0.0241 e. The van der Waals surface area contributed by atoms with Gasteiger partial charge in [-0.1, -0.05) is 42.5 Å². The first kappa shape index (κ1) is 8.60. The van der Waals surface area contributed by atoms with Crippen molar-refractivity contribution in [3.8, 4) is 0 Å². The van der Waals surface area contributed by atoms with Crippen LogP contribution in [0.15, 0.2) is 42.6 Å². The molecule has 1 nitrogen and oxygen atoms in total. The highest BCUT2D eigenvalue weighted by atomic mass is 14.5. The molecular formula is C11H13N. The van der Waals surface area contributed by atoms with Gasteiger partial charge in [-0.3, -0.25) is 0 Å². The van der Waals surface area contributed by atoms with Crippen molar-refractivity contribution in [3.63, 3.8) is 0 Å². The van der Waals surface area contributed by atoms with Crippen molar-refractivity contribution in [2.75, 3.05) is 0 Å². The van der Waals surface area contributed by atoms with Crippen molar-refractivity contribution < 1.29 is 0 Å². The molecule has 0 aliphatic heterocycles. The standard InChI is InChI=1S/C11H13N/c1-9-3-6-11(7-4-9)8-5-10(2)12/h3-8H,2,12H2,1H3/b8-5+. The number of aryl methyl sites for hydroxylation is 1. The monoisotopic (exact) mass is 159 g/mol. The van der Waals surface area contributed by atoms with Crippen LogP contribution in [0.4, 0.5) is 0 Å². The molecule has 0 radical (unpaired) electrons. The van der Waals surface area contributed by atoms with Gasteiger partial charge < -0.3 is 5.73 Å². The van der Waals surface area contributed by atoms with E-state index in [1.807, 2.05) is 6.08 Å². The molecule has 0 unspecified atom stereocenters. The highest BCUT2D eigenvalue weighted by Gasteiger charge is 1.85. The van der Waals surface area contributed by atoms with Gasteiger partial charge >= 0.3 is 0 Å². The van der Waals surface area contributed by atoms with Crippen molar-refractivity contribution in [3.05, 3.63) is 53.7 Å². The minimum Gasteiger partial charge on any atom is -0.399 e. The van der Waals surface area contributed by atoms with Crippen LogP contribution < -0.4 is 5.73 Å². The van der Waals surface area contributed by atoms with Crippen molar-refractivity contribution in [2.24, 2.45) is 5.73 Å². The lowest BCUT2D eigenvalue weighted by Crippen LogP contribution is -1.87. The Morgan fingerprint density at radius 1 is 1.33 bits per heavy atom. The Kier molecular flexibility index (Phi) is 2.70. The molecule has 2 N–H and O–H groups in total. The summed E-state index contributed by atoms with van der Waals surface area (Å²) in [6, 6.07) is 8.24. The van der Waals surface area contributed by atoms with E-state index in [2.05, 4.69) is 37.8 Å². The molecule has 12 heavy (non-hydrogen) atoms. The van der Waals surface area contributed by atoms with Gasteiger partial charge in [0.1, 0.15) is 0 Å². The molecule has 62 valence electrons. The van der Waals surface area contributed by atoms with Gasteiger partial charge in [0.2, 0.25) is 0 Å². The Morgan fingerprint density at radius 2 is 1.92 bits per heavy atom. The maximum atomic E-state index is 5.39.